The molecule has 1 fully saturated rings. The van der Waals surface area contributed by atoms with E-state index in [2.05, 4.69) is 12.2 Å². The highest BCUT2D eigenvalue weighted by Gasteiger charge is 2.57. The minimum Gasteiger partial charge on any atom is -0.479 e. The molecular formula is C19H35NO9. The van der Waals surface area contributed by atoms with Gasteiger partial charge in [-0.05, 0) is 6.42 Å². The summed E-state index contributed by atoms with van der Waals surface area (Å²) in [6, 6.07) is -1.23. The Morgan fingerprint density at radius 1 is 1.17 bits per heavy atom. The predicted octanol–water partition coefficient (Wildman–Crippen LogP) is -1.10. The quantitative estimate of drug-likeness (QED) is 0.193. The molecular weight excluding hydrogens is 386 g/mol. The van der Waals surface area contributed by atoms with E-state index in [0.717, 1.165) is 25.7 Å². The summed E-state index contributed by atoms with van der Waals surface area (Å²) in [7, 11) is 0. The summed E-state index contributed by atoms with van der Waals surface area (Å²) in [6.07, 6.45) is -4.04. The number of hydrogen-bond acceptors (Lipinski definition) is 8. The smallest absolute Gasteiger partial charge is 0.338 e. The first-order valence-corrected chi connectivity index (χ1v) is 10.1. The molecule has 0 aromatic carbocycles. The van der Waals surface area contributed by atoms with Gasteiger partial charge in [0, 0.05) is 13.3 Å². The van der Waals surface area contributed by atoms with Crippen LogP contribution in [0.15, 0.2) is 0 Å². The van der Waals surface area contributed by atoms with E-state index in [4.69, 9.17) is 9.84 Å². The number of aliphatic hydroxyl groups excluding tert-OH is 5. The molecule has 7 unspecified atom stereocenters. The van der Waals surface area contributed by atoms with Crippen LogP contribution in [0, 0.1) is 0 Å². The number of carbonyl (C=O) groups is 2. The summed E-state index contributed by atoms with van der Waals surface area (Å²) in [6.45, 7) is 2.38. The Hall–Kier alpha value is -1.30. The van der Waals surface area contributed by atoms with Gasteiger partial charge in [-0.3, -0.25) is 4.79 Å². The molecule has 170 valence electrons. The fraction of sp³-hybridized carbons (Fsp3) is 0.895. The zero-order valence-corrected chi connectivity index (χ0v) is 17.0. The molecule has 1 rings (SSSR count). The van der Waals surface area contributed by atoms with Gasteiger partial charge in [-0.2, -0.15) is 0 Å². The Kier molecular flexibility index (Phi) is 10.4. The summed E-state index contributed by atoms with van der Waals surface area (Å²) < 4.78 is 5.60. The molecule has 7 N–H and O–H groups in total. The van der Waals surface area contributed by atoms with Gasteiger partial charge in [-0.1, -0.05) is 39.0 Å². The van der Waals surface area contributed by atoms with Crippen LogP contribution >= 0.6 is 0 Å². The summed E-state index contributed by atoms with van der Waals surface area (Å²) in [5.74, 6) is -2.08. The van der Waals surface area contributed by atoms with Gasteiger partial charge >= 0.3 is 5.97 Å². The van der Waals surface area contributed by atoms with E-state index in [-0.39, 0.29) is 6.42 Å². The topological polar surface area (TPSA) is 177 Å². The Labute approximate surface area is 170 Å². The minimum atomic E-state index is -2.22. The van der Waals surface area contributed by atoms with Gasteiger partial charge in [0.2, 0.25) is 5.91 Å². The van der Waals surface area contributed by atoms with Gasteiger partial charge in [0.25, 0.3) is 0 Å². The van der Waals surface area contributed by atoms with Crippen molar-refractivity contribution in [1.82, 2.24) is 5.32 Å². The van der Waals surface area contributed by atoms with Crippen LogP contribution in [0.3, 0.4) is 0 Å². The fourth-order valence-electron chi connectivity index (χ4n) is 3.71. The second-order valence-corrected chi connectivity index (χ2v) is 7.73. The average molecular weight is 421 g/mol. The molecule has 10 heteroatoms. The Morgan fingerprint density at radius 2 is 1.79 bits per heavy atom. The highest BCUT2D eigenvalue weighted by atomic mass is 16.6. The molecule has 7 atom stereocenters. The number of amides is 1. The summed E-state index contributed by atoms with van der Waals surface area (Å²) in [4.78, 5) is 23.5. The lowest BCUT2D eigenvalue weighted by Gasteiger charge is -2.48. The van der Waals surface area contributed by atoms with Gasteiger partial charge in [-0.15, -0.1) is 0 Å². The molecule has 0 aliphatic carbocycles. The standard InChI is InChI=1S/C19H35NO9/c1-3-4-5-6-7-8-14(25)19(18(27)28)9-12(23)15(20-11(2)22)17(29-19)16(26)13(24)10-21/h12-17,21,23-26H,3-10H2,1-2H3,(H,20,22)(H,27,28). The Balaban J connectivity index is 3.08. The lowest BCUT2D eigenvalue weighted by Crippen LogP contribution is -2.69. The third-order valence-electron chi connectivity index (χ3n) is 5.40. The van der Waals surface area contributed by atoms with Gasteiger partial charge < -0.3 is 40.7 Å². The SMILES string of the molecule is CCCCCCCC(O)C1(C(=O)O)CC(O)C(NC(C)=O)C(C(O)C(O)CO)O1. The predicted molar refractivity (Wildman–Crippen MR) is 102 cm³/mol. The van der Waals surface area contributed by atoms with Crippen molar-refractivity contribution in [1.29, 1.82) is 0 Å². The monoisotopic (exact) mass is 421 g/mol. The van der Waals surface area contributed by atoms with Crippen molar-refractivity contribution >= 4 is 11.9 Å². The highest BCUT2D eigenvalue weighted by molar-refractivity contribution is 5.79. The van der Waals surface area contributed by atoms with Crippen molar-refractivity contribution in [2.45, 2.75) is 101 Å². The lowest BCUT2D eigenvalue weighted by atomic mass is 9.79. The summed E-state index contributed by atoms with van der Waals surface area (Å²) in [5, 5.41) is 62.6. The largest absolute Gasteiger partial charge is 0.479 e. The van der Waals surface area contributed by atoms with Gasteiger partial charge in [0.1, 0.15) is 18.3 Å². The van der Waals surface area contributed by atoms with Crippen molar-refractivity contribution in [3.63, 3.8) is 0 Å². The van der Waals surface area contributed by atoms with Crippen LogP contribution < -0.4 is 5.32 Å². The maximum absolute atomic E-state index is 12.1. The molecule has 1 aliphatic heterocycles. The number of carbonyl (C=O) groups excluding carboxylic acids is 1. The van der Waals surface area contributed by atoms with Crippen LogP contribution in [0.25, 0.3) is 0 Å². The van der Waals surface area contributed by atoms with Crippen LogP contribution in [0.5, 0.6) is 0 Å². The summed E-state index contributed by atoms with van der Waals surface area (Å²) in [5.41, 5.74) is -2.22. The molecule has 0 aromatic heterocycles. The van der Waals surface area contributed by atoms with Crippen molar-refractivity contribution in [3.05, 3.63) is 0 Å². The van der Waals surface area contributed by atoms with Gasteiger partial charge in [0.15, 0.2) is 5.60 Å². The number of rotatable bonds is 12. The second-order valence-electron chi connectivity index (χ2n) is 7.73. The number of nitrogens with one attached hydrogen (secondary N) is 1. The molecule has 10 nitrogen and oxygen atoms in total. The van der Waals surface area contributed by atoms with E-state index < -0.39 is 67.1 Å². The Bertz CT molecular complexity index is 532. The number of carboxylic acids is 1. The first kappa shape index (κ1) is 25.7. The minimum absolute atomic E-state index is 0.110. The first-order valence-electron chi connectivity index (χ1n) is 10.1. The molecule has 0 bridgehead atoms. The third kappa shape index (κ3) is 6.59. The molecule has 0 radical (unpaired) electrons. The number of aliphatic carboxylic acids is 1. The Morgan fingerprint density at radius 3 is 2.31 bits per heavy atom. The van der Waals surface area contributed by atoms with E-state index in [9.17, 15) is 35.1 Å². The third-order valence-corrected chi connectivity index (χ3v) is 5.40. The number of unbranched alkanes of at least 4 members (excludes halogenated alkanes) is 4. The molecule has 0 saturated carbocycles. The first-order chi connectivity index (χ1) is 13.6. The molecule has 29 heavy (non-hydrogen) atoms. The molecule has 0 aromatic rings. The van der Waals surface area contributed by atoms with E-state index in [0.29, 0.717) is 6.42 Å². The van der Waals surface area contributed by atoms with Crippen LogP contribution in [0.4, 0.5) is 0 Å². The lowest BCUT2D eigenvalue weighted by molar-refractivity contribution is -0.252. The second kappa shape index (κ2) is 11.8. The van der Waals surface area contributed by atoms with Crippen molar-refractivity contribution < 1.29 is 45.0 Å². The number of ether oxygens (including phenoxy) is 1. The van der Waals surface area contributed by atoms with E-state index >= 15 is 0 Å². The van der Waals surface area contributed by atoms with Crippen molar-refractivity contribution in [2.75, 3.05) is 6.61 Å². The van der Waals surface area contributed by atoms with Crippen molar-refractivity contribution in [2.24, 2.45) is 0 Å². The molecule has 1 amide bonds. The van der Waals surface area contributed by atoms with E-state index in [1.165, 1.54) is 6.92 Å². The van der Waals surface area contributed by atoms with Gasteiger partial charge in [0.05, 0.1) is 24.9 Å². The number of aliphatic hydroxyl groups is 5. The number of carboxylic acid groups (broad SMARTS) is 1. The van der Waals surface area contributed by atoms with E-state index in [1.54, 1.807) is 0 Å². The normalized spacial score (nSPS) is 30.4. The fourth-order valence-corrected chi connectivity index (χ4v) is 3.71. The van der Waals surface area contributed by atoms with Gasteiger partial charge in [-0.25, -0.2) is 4.79 Å². The molecule has 0 spiro atoms. The highest BCUT2D eigenvalue weighted by Crippen LogP contribution is 2.36. The average Bonchev–Trinajstić information content (AvgIpc) is 2.67. The zero-order valence-electron chi connectivity index (χ0n) is 17.0. The zero-order chi connectivity index (χ0) is 22.2. The van der Waals surface area contributed by atoms with Crippen molar-refractivity contribution in [3.8, 4) is 0 Å². The summed E-state index contributed by atoms with van der Waals surface area (Å²) >= 11 is 0. The van der Waals surface area contributed by atoms with Crippen LogP contribution in [-0.4, -0.2) is 91.3 Å². The molecule has 1 saturated heterocycles. The van der Waals surface area contributed by atoms with Crippen LogP contribution in [0.1, 0.15) is 58.8 Å². The maximum Gasteiger partial charge on any atom is 0.338 e. The molecule has 1 heterocycles. The molecule has 1 aliphatic rings. The van der Waals surface area contributed by atoms with Crippen LogP contribution in [0.2, 0.25) is 0 Å². The van der Waals surface area contributed by atoms with Crippen LogP contribution in [-0.2, 0) is 14.3 Å². The van der Waals surface area contributed by atoms with E-state index in [1.807, 2.05) is 0 Å². The maximum atomic E-state index is 12.1. The number of hydrogen-bond donors (Lipinski definition) is 7.